The number of nitrogens with zero attached hydrogens (tertiary/aromatic N) is 1. The van der Waals surface area contributed by atoms with Crippen LogP contribution in [0.5, 0.6) is 11.5 Å². The smallest absolute Gasteiger partial charge is 0.230 e. The van der Waals surface area contributed by atoms with Crippen molar-refractivity contribution >= 4 is 46.1 Å². The van der Waals surface area contributed by atoms with Crippen molar-refractivity contribution in [3.63, 3.8) is 0 Å². The molecular formula is C20H18Cl2N2O3S. The number of nitrogens with one attached hydrogen (secondary N) is 1. The highest BCUT2D eigenvalue weighted by Crippen LogP contribution is 2.31. The van der Waals surface area contributed by atoms with Crippen LogP contribution in [0.4, 0.5) is 5.69 Å². The van der Waals surface area contributed by atoms with Crippen molar-refractivity contribution in [2.24, 2.45) is 0 Å². The topological polar surface area (TPSA) is 60.5 Å². The van der Waals surface area contributed by atoms with Gasteiger partial charge in [0, 0.05) is 21.5 Å². The lowest BCUT2D eigenvalue weighted by Gasteiger charge is -2.12. The van der Waals surface area contributed by atoms with Gasteiger partial charge in [-0.25, -0.2) is 4.98 Å². The zero-order chi connectivity index (χ0) is 20.1. The molecule has 0 spiro atoms. The number of amides is 1. The van der Waals surface area contributed by atoms with Crippen LogP contribution in [0.2, 0.25) is 10.0 Å². The summed E-state index contributed by atoms with van der Waals surface area (Å²) in [5.74, 6) is 1.04. The average molecular weight is 437 g/mol. The molecule has 0 aliphatic heterocycles. The SMILES string of the molecule is COc1cc(Cl)c(C)cc1NC(=O)Cc1csc(COc2ccc(Cl)cc2)n1. The Kier molecular flexibility index (Phi) is 6.78. The maximum Gasteiger partial charge on any atom is 0.230 e. The van der Waals surface area contributed by atoms with E-state index in [1.54, 1.807) is 36.4 Å². The molecule has 0 saturated carbocycles. The lowest BCUT2D eigenvalue weighted by molar-refractivity contribution is -0.115. The maximum absolute atomic E-state index is 12.4. The van der Waals surface area contributed by atoms with Gasteiger partial charge in [0.05, 0.1) is 24.9 Å². The number of benzene rings is 2. The van der Waals surface area contributed by atoms with Crippen molar-refractivity contribution in [2.45, 2.75) is 20.0 Å². The first-order chi connectivity index (χ1) is 13.4. The summed E-state index contributed by atoms with van der Waals surface area (Å²) >= 11 is 13.4. The molecule has 0 radical (unpaired) electrons. The zero-order valence-electron chi connectivity index (χ0n) is 15.3. The molecule has 1 N–H and O–H groups in total. The summed E-state index contributed by atoms with van der Waals surface area (Å²) in [6.45, 7) is 2.20. The molecule has 0 bridgehead atoms. The van der Waals surface area contributed by atoms with Gasteiger partial charge < -0.3 is 14.8 Å². The number of thiazole rings is 1. The zero-order valence-corrected chi connectivity index (χ0v) is 17.6. The van der Waals surface area contributed by atoms with Gasteiger partial charge in [-0.2, -0.15) is 0 Å². The first-order valence-corrected chi connectivity index (χ1v) is 10.0. The molecule has 0 unspecified atom stereocenters. The van der Waals surface area contributed by atoms with Crippen LogP contribution in [-0.4, -0.2) is 18.0 Å². The number of hydrogen-bond acceptors (Lipinski definition) is 5. The van der Waals surface area contributed by atoms with Crippen LogP contribution in [-0.2, 0) is 17.8 Å². The standard InChI is InChI=1S/C20H18Cl2N2O3S/c1-12-7-17(18(26-2)9-16(12)22)24-19(25)8-14-11-28-20(23-14)10-27-15-5-3-13(21)4-6-15/h3-7,9,11H,8,10H2,1-2H3,(H,24,25). The van der Waals surface area contributed by atoms with E-state index in [0.29, 0.717) is 39.5 Å². The van der Waals surface area contributed by atoms with E-state index >= 15 is 0 Å². The number of halogens is 2. The number of hydrogen-bond donors (Lipinski definition) is 1. The van der Waals surface area contributed by atoms with Crippen LogP contribution in [0.25, 0.3) is 0 Å². The van der Waals surface area contributed by atoms with Gasteiger partial charge >= 0.3 is 0 Å². The highest BCUT2D eigenvalue weighted by molar-refractivity contribution is 7.09. The summed E-state index contributed by atoms with van der Waals surface area (Å²) in [5.41, 5.74) is 2.12. The van der Waals surface area contributed by atoms with Crippen LogP contribution >= 0.6 is 34.5 Å². The maximum atomic E-state index is 12.4. The monoisotopic (exact) mass is 436 g/mol. The molecule has 1 aromatic heterocycles. The van der Waals surface area contributed by atoms with Gasteiger partial charge in [-0.15, -0.1) is 11.3 Å². The lowest BCUT2D eigenvalue weighted by atomic mass is 10.2. The van der Waals surface area contributed by atoms with E-state index in [0.717, 1.165) is 10.6 Å². The van der Waals surface area contributed by atoms with E-state index in [4.69, 9.17) is 32.7 Å². The quantitative estimate of drug-likeness (QED) is 0.528. The summed E-state index contributed by atoms with van der Waals surface area (Å²) in [4.78, 5) is 16.8. The molecule has 0 atom stereocenters. The lowest BCUT2D eigenvalue weighted by Crippen LogP contribution is -2.15. The second kappa shape index (κ2) is 9.28. The van der Waals surface area contributed by atoms with E-state index in [1.165, 1.54) is 18.4 Å². The van der Waals surface area contributed by atoms with Gasteiger partial charge in [0.15, 0.2) is 0 Å². The number of ether oxygens (including phenoxy) is 2. The number of carbonyl (C=O) groups excluding carboxylic acids is 1. The molecule has 0 aliphatic rings. The molecule has 0 fully saturated rings. The number of methoxy groups -OCH3 is 1. The Bertz CT molecular complexity index is 974. The fraction of sp³-hybridized carbons (Fsp3) is 0.200. The average Bonchev–Trinajstić information content (AvgIpc) is 3.11. The normalized spacial score (nSPS) is 10.6. The van der Waals surface area contributed by atoms with Gasteiger partial charge in [0.1, 0.15) is 23.1 Å². The Labute approximate surface area is 177 Å². The third kappa shape index (κ3) is 5.38. The first-order valence-electron chi connectivity index (χ1n) is 8.40. The fourth-order valence-corrected chi connectivity index (χ4v) is 3.45. The number of aryl methyl sites for hydroxylation is 1. The number of anilines is 1. The molecule has 146 valence electrons. The Morgan fingerprint density at radius 1 is 1.21 bits per heavy atom. The molecule has 28 heavy (non-hydrogen) atoms. The summed E-state index contributed by atoms with van der Waals surface area (Å²) in [7, 11) is 1.53. The van der Waals surface area contributed by atoms with Gasteiger partial charge in [-0.05, 0) is 42.8 Å². The predicted molar refractivity (Wildman–Crippen MR) is 113 cm³/mol. The highest BCUT2D eigenvalue weighted by Gasteiger charge is 2.13. The Balaban J connectivity index is 1.58. The third-order valence-corrected chi connectivity index (χ3v) is 5.40. The molecule has 8 heteroatoms. The molecule has 0 aliphatic carbocycles. The number of rotatable bonds is 7. The van der Waals surface area contributed by atoms with E-state index < -0.39 is 0 Å². The van der Waals surface area contributed by atoms with E-state index in [1.807, 2.05) is 12.3 Å². The number of aromatic nitrogens is 1. The van der Waals surface area contributed by atoms with Crippen molar-refractivity contribution in [1.82, 2.24) is 4.98 Å². The minimum Gasteiger partial charge on any atom is -0.495 e. The van der Waals surface area contributed by atoms with Crippen LogP contribution < -0.4 is 14.8 Å². The van der Waals surface area contributed by atoms with Gasteiger partial charge in [0.2, 0.25) is 5.91 Å². The molecule has 5 nitrogen and oxygen atoms in total. The molecule has 1 amide bonds. The summed E-state index contributed by atoms with van der Waals surface area (Å²) in [6.07, 6.45) is 0.155. The fourth-order valence-electron chi connectivity index (χ4n) is 2.46. The predicted octanol–water partition coefficient (Wildman–Crippen LogP) is 5.53. The second-order valence-electron chi connectivity index (χ2n) is 6.00. The molecule has 0 saturated heterocycles. The third-order valence-electron chi connectivity index (χ3n) is 3.87. The molecule has 3 aromatic rings. The Morgan fingerprint density at radius 2 is 1.96 bits per heavy atom. The van der Waals surface area contributed by atoms with E-state index in [-0.39, 0.29) is 12.3 Å². The molecule has 3 rings (SSSR count). The van der Waals surface area contributed by atoms with E-state index in [2.05, 4.69) is 10.3 Å². The molecule has 1 heterocycles. The number of carbonyl (C=O) groups is 1. The van der Waals surface area contributed by atoms with Crippen molar-refractivity contribution in [1.29, 1.82) is 0 Å². The minimum atomic E-state index is -0.185. The summed E-state index contributed by atoms with van der Waals surface area (Å²) < 4.78 is 11.0. The van der Waals surface area contributed by atoms with Gasteiger partial charge in [0.25, 0.3) is 0 Å². The molecule has 2 aromatic carbocycles. The Morgan fingerprint density at radius 3 is 2.68 bits per heavy atom. The van der Waals surface area contributed by atoms with Crippen molar-refractivity contribution in [3.05, 3.63) is 68.1 Å². The summed E-state index contributed by atoms with van der Waals surface area (Å²) in [5, 5.41) is 6.73. The largest absolute Gasteiger partial charge is 0.495 e. The summed E-state index contributed by atoms with van der Waals surface area (Å²) in [6, 6.07) is 10.6. The highest BCUT2D eigenvalue weighted by atomic mass is 35.5. The van der Waals surface area contributed by atoms with Crippen molar-refractivity contribution < 1.29 is 14.3 Å². The van der Waals surface area contributed by atoms with E-state index in [9.17, 15) is 4.79 Å². The van der Waals surface area contributed by atoms with Gasteiger partial charge in [-0.3, -0.25) is 4.79 Å². The minimum absolute atomic E-state index is 0.155. The van der Waals surface area contributed by atoms with Gasteiger partial charge in [-0.1, -0.05) is 23.2 Å². The Hall–Kier alpha value is -2.28. The van der Waals surface area contributed by atoms with Crippen LogP contribution in [0, 0.1) is 6.92 Å². The first kappa shape index (κ1) is 20.5. The second-order valence-corrected chi connectivity index (χ2v) is 7.79. The van der Waals surface area contributed by atoms with Crippen LogP contribution in [0.3, 0.4) is 0 Å². The van der Waals surface area contributed by atoms with Crippen molar-refractivity contribution in [3.8, 4) is 11.5 Å². The molecular weight excluding hydrogens is 419 g/mol. The van der Waals surface area contributed by atoms with Crippen LogP contribution in [0.15, 0.2) is 41.8 Å². The van der Waals surface area contributed by atoms with Crippen LogP contribution in [0.1, 0.15) is 16.3 Å². The van der Waals surface area contributed by atoms with Crippen molar-refractivity contribution in [2.75, 3.05) is 12.4 Å².